The molecule has 0 unspecified atom stereocenters. The summed E-state index contributed by atoms with van der Waals surface area (Å²) in [7, 11) is 1.38. The van der Waals surface area contributed by atoms with Crippen LogP contribution in [0.2, 0.25) is 0 Å². The predicted molar refractivity (Wildman–Crippen MR) is 130 cm³/mol. The minimum Gasteiger partial charge on any atom is -0.469 e. The van der Waals surface area contributed by atoms with Gasteiger partial charge >= 0.3 is 5.97 Å². The van der Waals surface area contributed by atoms with E-state index in [1.54, 1.807) is 6.20 Å². The Morgan fingerprint density at radius 3 is 2.32 bits per heavy atom. The fourth-order valence-electron chi connectivity index (χ4n) is 4.29. The zero-order chi connectivity index (χ0) is 23.8. The molecule has 182 valence electrons. The molecule has 1 aromatic heterocycles. The molecule has 0 spiro atoms. The van der Waals surface area contributed by atoms with Crippen molar-refractivity contribution in [1.29, 1.82) is 0 Å². The molecule has 1 aromatic carbocycles. The van der Waals surface area contributed by atoms with Crippen LogP contribution in [0, 0.1) is 0 Å². The fraction of sp³-hybridized carbons (Fsp3) is 0.520. The summed E-state index contributed by atoms with van der Waals surface area (Å²) in [6.45, 7) is 6.07. The molecule has 0 N–H and O–H groups in total. The number of carbonyl (C=O) groups is 2. The first-order chi connectivity index (χ1) is 16.6. The van der Waals surface area contributed by atoms with E-state index in [1.165, 1.54) is 12.8 Å². The van der Waals surface area contributed by atoms with E-state index in [-0.39, 0.29) is 11.9 Å². The smallest absolute Gasteiger partial charge is 0.305 e. The summed E-state index contributed by atoms with van der Waals surface area (Å²) < 4.78 is 10.1. The van der Waals surface area contributed by atoms with Gasteiger partial charge in [0.1, 0.15) is 0 Å². The predicted octanol–water partition coefficient (Wildman–Crippen LogP) is 2.36. The first kappa shape index (κ1) is 23.9. The topological polar surface area (TPSA) is 88.1 Å². The van der Waals surface area contributed by atoms with Crippen LogP contribution in [0.15, 0.2) is 36.5 Å². The van der Waals surface area contributed by atoms with E-state index < -0.39 is 0 Å². The Labute approximate surface area is 200 Å². The van der Waals surface area contributed by atoms with Gasteiger partial charge in [0.25, 0.3) is 0 Å². The van der Waals surface area contributed by atoms with Gasteiger partial charge in [0, 0.05) is 69.6 Å². The molecule has 9 heteroatoms. The highest BCUT2D eigenvalue weighted by molar-refractivity contribution is 5.76. The number of hydrogen-bond acceptors (Lipinski definition) is 8. The maximum atomic E-state index is 12.5. The maximum absolute atomic E-state index is 12.5. The first-order valence-corrected chi connectivity index (χ1v) is 12.0. The number of esters is 1. The number of amides is 1. The Kier molecular flexibility index (Phi) is 8.30. The zero-order valence-corrected chi connectivity index (χ0v) is 19.8. The lowest BCUT2D eigenvalue weighted by molar-refractivity contribution is -0.141. The second kappa shape index (κ2) is 11.8. The van der Waals surface area contributed by atoms with Crippen molar-refractivity contribution in [2.24, 2.45) is 0 Å². The summed E-state index contributed by atoms with van der Waals surface area (Å²) >= 11 is 0. The zero-order valence-electron chi connectivity index (χ0n) is 19.8. The molecule has 0 bridgehead atoms. The molecular formula is C25H33N5O4. The summed E-state index contributed by atoms with van der Waals surface area (Å²) in [4.78, 5) is 39.3. The standard InChI is InChI=1S/C25H33N5O4/c1-33-24(32)5-3-2-4-23(31)29-12-14-30(15-13-29)25-26-11-10-22(27-25)20-6-8-21(9-7-20)28-16-18-34-19-17-28/h6-11H,2-5,12-19H2,1H3. The molecule has 3 heterocycles. The van der Waals surface area contributed by atoms with Crippen LogP contribution < -0.4 is 9.80 Å². The second-order valence-electron chi connectivity index (χ2n) is 8.54. The van der Waals surface area contributed by atoms with Crippen molar-refractivity contribution in [2.75, 3.05) is 69.4 Å². The Hall–Kier alpha value is -3.20. The van der Waals surface area contributed by atoms with Gasteiger partial charge in [-0.25, -0.2) is 9.97 Å². The molecule has 2 aliphatic heterocycles. The molecule has 0 aliphatic carbocycles. The van der Waals surface area contributed by atoms with E-state index in [0.29, 0.717) is 57.8 Å². The third kappa shape index (κ3) is 6.22. The monoisotopic (exact) mass is 467 g/mol. The van der Waals surface area contributed by atoms with Gasteiger partial charge in [0.05, 0.1) is 26.0 Å². The molecule has 1 amide bonds. The summed E-state index contributed by atoms with van der Waals surface area (Å²) in [5.41, 5.74) is 3.15. The van der Waals surface area contributed by atoms with Crippen molar-refractivity contribution in [3.8, 4) is 11.3 Å². The Bertz CT molecular complexity index is 954. The van der Waals surface area contributed by atoms with Crippen LogP contribution in [0.3, 0.4) is 0 Å². The number of carbonyl (C=O) groups excluding carboxylic acids is 2. The van der Waals surface area contributed by atoms with Crippen LogP contribution >= 0.6 is 0 Å². The average Bonchev–Trinajstić information content (AvgIpc) is 2.91. The second-order valence-corrected chi connectivity index (χ2v) is 8.54. The van der Waals surface area contributed by atoms with Crippen LogP contribution in [0.4, 0.5) is 11.6 Å². The molecule has 4 rings (SSSR count). The number of morpholine rings is 1. The van der Waals surface area contributed by atoms with Gasteiger partial charge in [0.15, 0.2) is 0 Å². The molecule has 2 aliphatic rings. The van der Waals surface area contributed by atoms with E-state index in [1.807, 2.05) is 11.0 Å². The van der Waals surface area contributed by atoms with Gasteiger partial charge in [-0.15, -0.1) is 0 Å². The van der Waals surface area contributed by atoms with Gasteiger partial charge in [-0.1, -0.05) is 12.1 Å². The number of methoxy groups -OCH3 is 1. The molecule has 0 atom stereocenters. The minimum atomic E-state index is -0.226. The highest BCUT2D eigenvalue weighted by Gasteiger charge is 2.22. The quantitative estimate of drug-likeness (QED) is 0.432. The Morgan fingerprint density at radius 2 is 1.62 bits per heavy atom. The van der Waals surface area contributed by atoms with Crippen molar-refractivity contribution >= 4 is 23.5 Å². The van der Waals surface area contributed by atoms with Crippen LogP contribution in [-0.2, 0) is 19.1 Å². The van der Waals surface area contributed by atoms with Crippen LogP contribution in [-0.4, -0.2) is 86.3 Å². The number of rotatable bonds is 8. The minimum absolute atomic E-state index is 0.138. The van der Waals surface area contributed by atoms with E-state index in [9.17, 15) is 9.59 Å². The number of aromatic nitrogens is 2. The highest BCUT2D eigenvalue weighted by Crippen LogP contribution is 2.24. The highest BCUT2D eigenvalue weighted by atomic mass is 16.5. The van der Waals surface area contributed by atoms with Gasteiger partial charge in [-0.2, -0.15) is 0 Å². The van der Waals surface area contributed by atoms with Crippen molar-refractivity contribution in [3.05, 3.63) is 36.5 Å². The number of piperazine rings is 1. The average molecular weight is 468 g/mol. The number of nitrogens with zero attached hydrogens (tertiary/aromatic N) is 5. The number of unbranched alkanes of at least 4 members (excludes halogenated alkanes) is 1. The normalized spacial score (nSPS) is 16.4. The van der Waals surface area contributed by atoms with Gasteiger partial charge < -0.3 is 24.2 Å². The summed E-state index contributed by atoms with van der Waals surface area (Å²) in [5, 5.41) is 0. The summed E-state index contributed by atoms with van der Waals surface area (Å²) in [5.74, 6) is 0.607. The lowest BCUT2D eigenvalue weighted by Gasteiger charge is -2.35. The van der Waals surface area contributed by atoms with Crippen LogP contribution in [0.25, 0.3) is 11.3 Å². The fourth-order valence-corrected chi connectivity index (χ4v) is 4.29. The Balaban J connectivity index is 1.29. The molecule has 2 aromatic rings. The number of anilines is 2. The van der Waals surface area contributed by atoms with Crippen molar-refractivity contribution in [3.63, 3.8) is 0 Å². The van der Waals surface area contributed by atoms with Gasteiger partial charge in [-0.3, -0.25) is 9.59 Å². The molecule has 2 saturated heterocycles. The molecular weight excluding hydrogens is 434 g/mol. The SMILES string of the molecule is COC(=O)CCCCC(=O)N1CCN(c2nccc(-c3ccc(N4CCOCC4)cc3)n2)CC1. The third-order valence-corrected chi connectivity index (χ3v) is 6.35. The first-order valence-electron chi connectivity index (χ1n) is 12.0. The van der Waals surface area contributed by atoms with Crippen molar-refractivity contribution in [1.82, 2.24) is 14.9 Å². The summed E-state index contributed by atoms with van der Waals surface area (Å²) in [6.07, 6.45) is 3.99. The molecule has 9 nitrogen and oxygen atoms in total. The van der Waals surface area contributed by atoms with E-state index in [0.717, 1.165) is 37.6 Å². The van der Waals surface area contributed by atoms with Gasteiger partial charge in [-0.05, 0) is 31.0 Å². The lowest BCUT2D eigenvalue weighted by atomic mass is 10.1. The number of hydrogen-bond donors (Lipinski definition) is 0. The largest absolute Gasteiger partial charge is 0.469 e. The molecule has 34 heavy (non-hydrogen) atoms. The number of ether oxygens (including phenoxy) is 2. The molecule has 0 radical (unpaired) electrons. The summed E-state index contributed by atoms with van der Waals surface area (Å²) in [6, 6.07) is 10.4. The molecule has 0 saturated carbocycles. The van der Waals surface area contributed by atoms with Crippen LogP contribution in [0.1, 0.15) is 25.7 Å². The third-order valence-electron chi connectivity index (χ3n) is 6.35. The van der Waals surface area contributed by atoms with Crippen LogP contribution in [0.5, 0.6) is 0 Å². The van der Waals surface area contributed by atoms with E-state index in [4.69, 9.17) is 9.72 Å². The Morgan fingerprint density at radius 1 is 0.912 bits per heavy atom. The van der Waals surface area contributed by atoms with Gasteiger partial charge in [0.2, 0.25) is 11.9 Å². The van der Waals surface area contributed by atoms with E-state index >= 15 is 0 Å². The maximum Gasteiger partial charge on any atom is 0.305 e. The van der Waals surface area contributed by atoms with E-state index in [2.05, 4.69) is 43.8 Å². The molecule has 2 fully saturated rings. The lowest BCUT2D eigenvalue weighted by Crippen LogP contribution is -2.49. The van der Waals surface area contributed by atoms with Crippen molar-refractivity contribution < 1.29 is 19.1 Å². The number of benzene rings is 1. The van der Waals surface area contributed by atoms with Crippen molar-refractivity contribution in [2.45, 2.75) is 25.7 Å².